The zero-order valence-corrected chi connectivity index (χ0v) is 17.4. The summed E-state index contributed by atoms with van der Waals surface area (Å²) in [5.74, 6) is 1.21. The van der Waals surface area contributed by atoms with Gasteiger partial charge in [-0.25, -0.2) is 4.98 Å². The van der Waals surface area contributed by atoms with Gasteiger partial charge in [-0.05, 0) is 44.4 Å². The Morgan fingerprint density at radius 2 is 2.06 bits per heavy atom. The van der Waals surface area contributed by atoms with Gasteiger partial charge in [0, 0.05) is 54.4 Å². The first kappa shape index (κ1) is 19.7. The monoisotopic (exact) mass is 422 g/mol. The van der Waals surface area contributed by atoms with Crippen LogP contribution >= 0.6 is 0 Å². The van der Waals surface area contributed by atoms with Crippen LogP contribution in [0.25, 0.3) is 10.9 Å². The average Bonchev–Trinajstić information content (AvgIpc) is 3.53. The van der Waals surface area contributed by atoms with E-state index in [0.717, 1.165) is 23.7 Å². The molecule has 0 unspecified atom stereocenters. The first-order chi connectivity index (χ1) is 15.1. The molecule has 2 aromatic heterocycles. The Morgan fingerprint density at radius 3 is 2.84 bits per heavy atom. The van der Waals surface area contributed by atoms with Crippen molar-refractivity contribution in [1.29, 1.82) is 0 Å². The number of aromatic amines is 2. The van der Waals surface area contributed by atoms with Gasteiger partial charge in [0.25, 0.3) is 5.91 Å². The van der Waals surface area contributed by atoms with Crippen LogP contribution < -0.4 is 5.32 Å². The zero-order valence-electron chi connectivity index (χ0n) is 17.4. The summed E-state index contributed by atoms with van der Waals surface area (Å²) in [4.78, 5) is 35.8. The summed E-state index contributed by atoms with van der Waals surface area (Å²) in [5.41, 5.74) is 1.55. The van der Waals surface area contributed by atoms with Gasteiger partial charge >= 0.3 is 0 Å². The molecule has 0 saturated carbocycles. The predicted molar refractivity (Wildman–Crippen MR) is 113 cm³/mol. The molecule has 4 heterocycles. The molecule has 2 atom stereocenters. The van der Waals surface area contributed by atoms with Crippen molar-refractivity contribution in [3.63, 3.8) is 0 Å². The zero-order chi connectivity index (χ0) is 21.4. The van der Waals surface area contributed by atoms with E-state index in [1.165, 1.54) is 0 Å². The summed E-state index contributed by atoms with van der Waals surface area (Å²) in [6.07, 6.45) is 3.89. The highest BCUT2D eigenvalue weighted by molar-refractivity contribution is 6.06. The Bertz CT molecular complexity index is 1100. The maximum absolute atomic E-state index is 13.6. The van der Waals surface area contributed by atoms with Gasteiger partial charge in [-0.3, -0.25) is 14.7 Å². The van der Waals surface area contributed by atoms with Crippen LogP contribution in [0.3, 0.4) is 0 Å². The highest BCUT2D eigenvalue weighted by Crippen LogP contribution is 2.33. The van der Waals surface area contributed by atoms with E-state index in [-0.39, 0.29) is 29.8 Å². The maximum atomic E-state index is 13.6. The van der Waals surface area contributed by atoms with Crippen molar-refractivity contribution in [2.24, 2.45) is 5.92 Å². The number of aromatic nitrogens is 4. The summed E-state index contributed by atoms with van der Waals surface area (Å²) >= 11 is 0. The van der Waals surface area contributed by atoms with E-state index in [9.17, 15) is 9.59 Å². The quantitative estimate of drug-likeness (QED) is 0.595. The Labute approximate surface area is 179 Å². The van der Waals surface area contributed by atoms with Crippen molar-refractivity contribution in [3.05, 3.63) is 47.7 Å². The van der Waals surface area contributed by atoms with E-state index >= 15 is 0 Å². The SMILES string of the molecule is Cc1nc([C@@H]2C[C@H](NC(=O)C3CCOCC3)CN2C(=O)c2cccc3[nH]ccc23)n[nH]1. The topological polar surface area (TPSA) is 116 Å². The number of hydrogen-bond donors (Lipinski definition) is 3. The van der Waals surface area contributed by atoms with Gasteiger partial charge in [0.2, 0.25) is 5.91 Å². The Balaban J connectivity index is 1.40. The highest BCUT2D eigenvalue weighted by Gasteiger charge is 2.40. The Hall–Kier alpha value is -3.20. The molecule has 1 aromatic carbocycles. The third-order valence-corrected chi connectivity index (χ3v) is 6.24. The number of benzene rings is 1. The molecule has 9 nitrogen and oxygen atoms in total. The van der Waals surface area contributed by atoms with Gasteiger partial charge < -0.3 is 19.9 Å². The largest absolute Gasteiger partial charge is 0.381 e. The molecule has 0 aliphatic carbocycles. The van der Waals surface area contributed by atoms with Gasteiger partial charge in [-0.15, -0.1) is 0 Å². The van der Waals surface area contributed by atoms with Crippen molar-refractivity contribution < 1.29 is 14.3 Å². The molecule has 2 saturated heterocycles. The fourth-order valence-corrected chi connectivity index (χ4v) is 4.62. The third kappa shape index (κ3) is 3.81. The van der Waals surface area contributed by atoms with E-state index in [1.54, 1.807) is 4.90 Å². The minimum atomic E-state index is -0.299. The second kappa shape index (κ2) is 8.14. The minimum absolute atomic E-state index is 0.0312. The lowest BCUT2D eigenvalue weighted by Crippen LogP contribution is -2.42. The summed E-state index contributed by atoms with van der Waals surface area (Å²) in [5, 5.41) is 11.2. The molecule has 5 rings (SSSR count). The fraction of sp³-hybridized carbons (Fsp3) is 0.455. The molecule has 0 radical (unpaired) electrons. The fourth-order valence-electron chi connectivity index (χ4n) is 4.62. The van der Waals surface area contributed by atoms with Crippen LogP contribution in [0.4, 0.5) is 0 Å². The van der Waals surface area contributed by atoms with Crippen molar-refractivity contribution in [3.8, 4) is 0 Å². The van der Waals surface area contributed by atoms with Gasteiger partial charge in [-0.2, -0.15) is 5.10 Å². The number of aryl methyl sites for hydroxylation is 1. The predicted octanol–water partition coefficient (Wildman–Crippen LogP) is 2.09. The number of nitrogens with one attached hydrogen (secondary N) is 3. The number of ether oxygens (including phenoxy) is 1. The smallest absolute Gasteiger partial charge is 0.255 e. The van der Waals surface area contributed by atoms with E-state index in [4.69, 9.17) is 4.74 Å². The van der Waals surface area contributed by atoms with Crippen molar-refractivity contribution in [2.75, 3.05) is 19.8 Å². The van der Waals surface area contributed by atoms with Crippen LogP contribution in [0, 0.1) is 12.8 Å². The van der Waals surface area contributed by atoms with Crippen LogP contribution in [0.2, 0.25) is 0 Å². The van der Waals surface area contributed by atoms with Gasteiger partial charge in [0.1, 0.15) is 5.82 Å². The molecule has 31 heavy (non-hydrogen) atoms. The summed E-state index contributed by atoms with van der Waals surface area (Å²) in [6, 6.07) is 7.13. The molecule has 2 aliphatic rings. The summed E-state index contributed by atoms with van der Waals surface area (Å²) < 4.78 is 5.37. The number of hydrogen-bond acceptors (Lipinski definition) is 5. The number of carbonyl (C=O) groups is 2. The molecule has 0 bridgehead atoms. The van der Waals surface area contributed by atoms with Gasteiger partial charge in [-0.1, -0.05) is 6.07 Å². The summed E-state index contributed by atoms with van der Waals surface area (Å²) in [7, 11) is 0. The standard InChI is InChI=1S/C22H26N6O3/c1-13-24-20(27-26-13)19-11-15(25-21(29)14-6-9-31-10-7-14)12-28(19)22(30)17-3-2-4-18-16(17)5-8-23-18/h2-5,8,14-15,19,23H,6-7,9-12H2,1H3,(H,25,29)(H,24,26,27)/t15-,19-/m0/s1. The van der Waals surface area contributed by atoms with Crippen LogP contribution in [0.5, 0.6) is 0 Å². The number of carbonyl (C=O) groups excluding carboxylic acids is 2. The van der Waals surface area contributed by atoms with E-state index in [1.807, 2.05) is 37.4 Å². The number of H-pyrrole nitrogens is 2. The van der Waals surface area contributed by atoms with Crippen LogP contribution in [0.15, 0.2) is 30.5 Å². The second-order valence-electron chi connectivity index (χ2n) is 8.32. The first-order valence-corrected chi connectivity index (χ1v) is 10.7. The van der Waals surface area contributed by atoms with E-state index in [0.29, 0.717) is 43.4 Å². The average molecular weight is 422 g/mol. The second-order valence-corrected chi connectivity index (χ2v) is 8.32. The highest BCUT2D eigenvalue weighted by atomic mass is 16.5. The number of nitrogens with zero attached hydrogens (tertiary/aromatic N) is 3. The van der Waals surface area contributed by atoms with Crippen LogP contribution in [-0.2, 0) is 9.53 Å². The lowest BCUT2D eigenvalue weighted by molar-refractivity contribution is -0.128. The molecule has 3 aromatic rings. The lowest BCUT2D eigenvalue weighted by Gasteiger charge is -2.24. The molecule has 2 aliphatic heterocycles. The number of fused-ring (bicyclic) bond motifs is 1. The molecular formula is C22H26N6O3. The Kier molecular flexibility index (Phi) is 5.19. The minimum Gasteiger partial charge on any atom is -0.381 e. The number of likely N-dealkylation sites (tertiary alicyclic amines) is 1. The third-order valence-electron chi connectivity index (χ3n) is 6.24. The van der Waals surface area contributed by atoms with E-state index in [2.05, 4.69) is 25.5 Å². The first-order valence-electron chi connectivity index (χ1n) is 10.7. The normalized spacial score (nSPS) is 22.2. The van der Waals surface area contributed by atoms with Crippen LogP contribution in [-0.4, -0.2) is 62.7 Å². The van der Waals surface area contributed by atoms with Gasteiger partial charge in [0.05, 0.1) is 6.04 Å². The maximum Gasteiger partial charge on any atom is 0.255 e. The number of rotatable bonds is 4. The molecule has 2 fully saturated rings. The summed E-state index contributed by atoms with van der Waals surface area (Å²) in [6.45, 7) is 3.50. The lowest BCUT2D eigenvalue weighted by atomic mass is 9.99. The molecule has 3 N–H and O–H groups in total. The molecular weight excluding hydrogens is 396 g/mol. The van der Waals surface area contributed by atoms with E-state index < -0.39 is 0 Å². The molecule has 162 valence electrons. The molecule has 2 amide bonds. The molecule has 0 spiro atoms. The van der Waals surface area contributed by atoms with Crippen molar-refractivity contribution >= 4 is 22.7 Å². The van der Waals surface area contributed by atoms with Crippen molar-refractivity contribution in [2.45, 2.75) is 38.3 Å². The van der Waals surface area contributed by atoms with Crippen LogP contribution in [0.1, 0.15) is 47.3 Å². The number of amides is 2. The van der Waals surface area contributed by atoms with Crippen molar-refractivity contribution in [1.82, 2.24) is 30.4 Å². The molecule has 9 heteroatoms. The van der Waals surface area contributed by atoms with Gasteiger partial charge in [0.15, 0.2) is 5.82 Å². The Morgan fingerprint density at radius 1 is 1.23 bits per heavy atom.